The summed E-state index contributed by atoms with van der Waals surface area (Å²) in [5.74, 6) is -0.228. The van der Waals surface area contributed by atoms with Crippen molar-refractivity contribution in [2.24, 2.45) is 0 Å². The molecule has 0 aliphatic carbocycles. The Balaban J connectivity index is 1.74. The van der Waals surface area contributed by atoms with E-state index in [-0.39, 0.29) is 24.2 Å². The number of hydrogen-bond donors (Lipinski definition) is 2. The average molecular weight is 451 g/mol. The quantitative estimate of drug-likeness (QED) is 0.665. The lowest BCUT2D eigenvalue weighted by Gasteiger charge is -2.18. The molecule has 2 aromatic rings. The second kappa shape index (κ2) is 9.80. The molecule has 31 heavy (non-hydrogen) atoms. The van der Waals surface area contributed by atoms with E-state index in [2.05, 4.69) is 54.9 Å². The van der Waals surface area contributed by atoms with E-state index in [0.717, 1.165) is 23.1 Å². The molecule has 1 fully saturated rings. The largest absolute Gasteiger partial charge is 0.431 e. The van der Waals surface area contributed by atoms with Crippen LogP contribution in [0.2, 0.25) is 0 Å². The Bertz CT molecular complexity index is 1010. The van der Waals surface area contributed by atoms with Crippen LogP contribution < -0.4 is 10.0 Å². The topological polar surface area (TPSA) is 114 Å². The third-order valence-electron chi connectivity index (χ3n) is 5.09. The van der Waals surface area contributed by atoms with Gasteiger partial charge in [-0.3, -0.25) is 4.79 Å². The lowest BCUT2D eigenvalue weighted by molar-refractivity contribution is 0.0973. The number of carbonyl (C=O) groups excluding carboxylic acids is 1. The molecular weight excluding hydrogens is 420 g/mol. The van der Waals surface area contributed by atoms with Crippen molar-refractivity contribution in [1.82, 2.24) is 14.0 Å². The van der Waals surface area contributed by atoms with Gasteiger partial charge in [-0.15, -0.1) is 0 Å². The minimum atomic E-state index is -3.99. The summed E-state index contributed by atoms with van der Waals surface area (Å²) in [5, 5.41) is 3.12. The van der Waals surface area contributed by atoms with Crippen LogP contribution in [-0.4, -0.2) is 49.9 Å². The van der Waals surface area contributed by atoms with Gasteiger partial charge in [0.15, 0.2) is 5.69 Å². The van der Waals surface area contributed by atoms with Crippen molar-refractivity contribution in [3.05, 3.63) is 41.3 Å². The molecule has 0 bridgehead atoms. The van der Waals surface area contributed by atoms with Gasteiger partial charge in [-0.05, 0) is 35.4 Å². The third kappa shape index (κ3) is 5.84. The van der Waals surface area contributed by atoms with E-state index in [4.69, 9.17) is 9.15 Å². The molecule has 2 N–H and O–H groups in total. The van der Waals surface area contributed by atoms with E-state index in [0.29, 0.717) is 32.1 Å². The number of nitrogens with one attached hydrogen (secondary N) is 2. The first-order chi connectivity index (χ1) is 14.7. The summed E-state index contributed by atoms with van der Waals surface area (Å²) in [5.41, 5.74) is 2.96. The number of rotatable bonds is 7. The zero-order valence-corrected chi connectivity index (χ0v) is 19.2. The molecule has 170 valence electrons. The monoisotopic (exact) mass is 450 g/mol. The van der Waals surface area contributed by atoms with Gasteiger partial charge in [0.05, 0.1) is 6.61 Å². The number of hydrogen-bond acceptors (Lipinski definition) is 7. The number of oxazole rings is 1. The predicted molar refractivity (Wildman–Crippen MR) is 118 cm³/mol. The molecule has 9 nitrogen and oxygen atoms in total. The summed E-state index contributed by atoms with van der Waals surface area (Å²) in [6, 6.07) is 6.32. The van der Waals surface area contributed by atoms with Crippen LogP contribution in [0.5, 0.6) is 0 Å². The van der Waals surface area contributed by atoms with Crippen molar-refractivity contribution in [1.29, 1.82) is 0 Å². The van der Waals surface area contributed by atoms with Gasteiger partial charge in [-0.1, -0.05) is 39.8 Å². The minimum absolute atomic E-state index is 0.119. The summed E-state index contributed by atoms with van der Waals surface area (Å²) in [6.45, 7) is 9.66. The van der Waals surface area contributed by atoms with Crippen LogP contribution >= 0.6 is 0 Å². The van der Waals surface area contributed by atoms with Crippen LogP contribution in [0.15, 0.2) is 28.9 Å². The second-order valence-corrected chi connectivity index (χ2v) is 9.79. The molecule has 0 radical (unpaired) electrons. The lowest BCUT2D eigenvalue weighted by Crippen LogP contribution is -2.44. The number of benzene rings is 1. The number of anilines is 2. The Morgan fingerprint density at radius 1 is 1.13 bits per heavy atom. The van der Waals surface area contributed by atoms with Gasteiger partial charge < -0.3 is 14.5 Å². The number of nitrogens with zero attached hydrogens (tertiary/aromatic N) is 2. The highest BCUT2D eigenvalue weighted by Gasteiger charge is 2.27. The molecule has 0 saturated carbocycles. The van der Waals surface area contributed by atoms with Gasteiger partial charge in [-0.2, -0.15) is 17.7 Å². The van der Waals surface area contributed by atoms with E-state index in [9.17, 15) is 13.2 Å². The first kappa shape index (κ1) is 23.2. The van der Waals surface area contributed by atoms with Gasteiger partial charge in [0, 0.05) is 25.4 Å². The van der Waals surface area contributed by atoms with Crippen molar-refractivity contribution in [2.75, 3.05) is 31.6 Å². The molecule has 3 rings (SSSR count). The summed E-state index contributed by atoms with van der Waals surface area (Å²) in [6.07, 6.45) is 1.71. The highest BCUT2D eigenvalue weighted by atomic mass is 32.2. The van der Waals surface area contributed by atoms with Crippen molar-refractivity contribution in [3.63, 3.8) is 0 Å². The minimum Gasteiger partial charge on any atom is -0.431 e. The zero-order valence-electron chi connectivity index (χ0n) is 18.3. The molecule has 0 spiro atoms. The summed E-state index contributed by atoms with van der Waals surface area (Å²) in [7, 11) is -3.99. The molecular formula is C21H30N4O5S. The summed E-state index contributed by atoms with van der Waals surface area (Å²) < 4.78 is 38.9. The average Bonchev–Trinajstić information content (AvgIpc) is 2.99. The van der Waals surface area contributed by atoms with E-state index < -0.39 is 16.1 Å². The SMILES string of the molecule is CC(C)c1ccc(C(C)C)c(Nc2nc(C(=O)NS(=O)(=O)N3CCCOCC3)co2)c1. The second-order valence-electron chi connectivity index (χ2n) is 8.12. The zero-order chi connectivity index (χ0) is 22.6. The highest BCUT2D eigenvalue weighted by molar-refractivity contribution is 7.87. The third-order valence-corrected chi connectivity index (χ3v) is 6.58. The maximum Gasteiger partial charge on any atom is 0.304 e. The van der Waals surface area contributed by atoms with E-state index in [1.54, 1.807) is 0 Å². The van der Waals surface area contributed by atoms with Gasteiger partial charge in [0.25, 0.3) is 11.9 Å². The highest BCUT2D eigenvalue weighted by Crippen LogP contribution is 2.30. The van der Waals surface area contributed by atoms with Crippen molar-refractivity contribution >= 4 is 27.8 Å². The van der Waals surface area contributed by atoms with Gasteiger partial charge in [0.1, 0.15) is 6.26 Å². The Hall–Kier alpha value is -2.43. The van der Waals surface area contributed by atoms with E-state index in [1.165, 1.54) is 4.31 Å². The van der Waals surface area contributed by atoms with Crippen LogP contribution in [0.4, 0.5) is 11.7 Å². The number of ether oxygens (including phenoxy) is 1. The fourth-order valence-electron chi connectivity index (χ4n) is 3.29. The normalized spacial score (nSPS) is 15.8. The molecule has 1 aromatic heterocycles. The Morgan fingerprint density at radius 3 is 2.61 bits per heavy atom. The van der Waals surface area contributed by atoms with E-state index in [1.807, 2.05) is 6.07 Å². The lowest BCUT2D eigenvalue weighted by atomic mass is 9.95. The summed E-state index contributed by atoms with van der Waals surface area (Å²) in [4.78, 5) is 16.6. The fourth-order valence-corrected chi connectivity index (χ4v) is 4.45. The Labute approximate surface area is 183 Å². The first-order valence-corrected chi connectivity index (χ1v) is 11.9. The van der Waals surface area contributed by atoms with Crippen molar-refractivity contribution in [3.8, 4) is 0 Å². The number of amides is 1. The van der Waals surface area contributed by atoms with E-state index >= 15 is 0 Å². The molecule has 0 unspecified atom stereocenters. The number of aromatic nitrogens is 1. The van der Waals surface area contributed by atoms with Crippen molar-refractivity contribution < 1.29 is 22.4 Å². The van der Waals surface area contributed by atoms with Crippen LogP contribution in [0.1, 0.15) is 67.6 Å². The predicted octanol–water partition coefficient (Wildman–Crippen LogP) is 3.36. The molecule has 1 aliphatic heterocycles. The molecule has 1 amide bonds. The molecule has 1 saturated heterocycles. The maximum atomic E-state index is 12.5. The maximum absolute atomic E-state index is 12.5. The molecule has 1 aliphatic rings. The van der Waals surface area contributed by atoms with Crippen LogP contribution in [0.25, 0.3) is 0 Å². The molecule has 1 aromatic carbocycles. The Kier molecular flexibility index (Phi) is 7.34. The Morgan fingerprint density at radius 2 is 1.90 bits per heavy atom. The van der Waals surface area contributed by atoms with Crippen LogP contribution in [0.3, 0.4) is 0 Å². The molecule has 0 atom stereocenters. The van der Waals surface area contributed by atoms with Crippen LogP contribution in [0, 0.1) is 0 Å². The summed E-state index contributed by atoms with van der Waals surface area (Å²) >= 11 is 0. The smallest absolute Gasteiger partial charge is 0.304 e. The van der Waals surface area contributed by atoms with Gasteiger partial charge >= 0.3 is 10.2 Å². The molecule has 2 heterocycles. The van der Waals surface area contributed by atoms with Gasteiger partial charge in [-0.25, -0.2) is 4.72 Å². The molecule has 10 heteroatoms. The number of carbonyl (C=O) groups is 1. The standard InChI is InChI=1S/C21H30N4O5S/c1-14(2)16-6-7-17(15(3)4)18(12-16)22-21-23-19(13-30-21)20(26)24-31(27,28)25-8-5-10-29-11-9-25/h6-7,12-15H,5,8-11H2,1-4H3,(H,22,23)(H,24,26). The van der Waals surface area contributed by atoms with Crippen LogP contribution in [-0.2, 0) is 14.9 Å². The van der Waals surface area contributed by atoms with Gasteiger partial charge in [0.2, 0.25) is 0 Å². The fraction of sp³-hybridized carbons (Fsp3) is 0.524. The van der Waals surface area contributed by atoms with Crippen molar-refractivity contribution in [2.45, 2.75) is 46.0 Å². The first-order valence-electron chi connectivity index (χ1n) is 10.4.